The number of alkyl halides is 3. The van der Waals surface area contributed by atoms with Crippen molar-refractivity contribution in [3.05, 3.63) is 18.0 Å². The molecule has 0 amide bonds. The Morgan fingerprint density at radius 1 is 1.59 bits per heavy atom. The van der Waals surface area contributed by atoms with E-state index in [1.54, 1.807) is 19.3 Å². The lowest BCUT2D eigenvalue weighted by atomic mass is 10.3. The van der Waals surface area contributed by atoms with Crippen molar-refractivity contribution in [1.82, 2.24) is 14.7 Å². The average Bonchev–Trinajstić information content (AvgIpc) is 2.46. The molecule has 8 heteroatoms. The first-order chi connectivity index (χ1) is 7.76. The Morgan fingerprint density at radius 2 is 2.24 bits per heavy atom. The van der Waals surface area contributed by atoms with Gasteiger partial charge in [0.25, 0.3) is 0 Å². The number of nitrogens with zero attached hydrogens (tertiary/aromatic N) is 3. The van der Waals surface area contributed by atoms with Gasteiger partial charge < -0.3 is 5.11 Å². The van der Waals surface area contributed by atoms with Crippen LogP contribution in [0.4, 0.5) is 13.2 Å². The SMILES string of the molecule is Cn1ccc(CN(CC(=O)O)CC(F)(F)F)n1. The van der Waals surface area contributed by atoms with Crippen LogP contribution in [-0.4, -0.2) is 45.0 Å². The van der Waals surface area contributed by atoms with Gasteiger partial charge in [0.15, 0.2) is 0 Å². The van der Waals surface area contributed by atoms with Gasteiger partial charge in [0.2, 0.25) is 0 Å². The molecule has 0 radical (unpaired) electrons. The number of rotatable bonds is 5. The number of hydrogen-bond acceptors (Lipinski definition) is 3. The van der Waals surface area contributed by atoms with Crippen molar-refractivity contribution in [3.8, 4) is 0 Å². The number of aromatic nitrogens is 2. The van der Waals surface area contributed by atoms with Crippen molar-refractivity contribution >= 4 is 5.97 Å². The van der Waals surface area contributed by atoms with Crippen LogP contribution in [0.15, 0.2) is 12.3 Å². The number of aryl methyl sites for hydroxylation is 1. The van der Waals surface area contributed by atoms with Gasteiger partial charge in [0.1, 0.15) is 0 Å². The molecule has 17 heavy (non-hydrogen) atoms. The second-order valence-electron chi connectivity index (χ2n) is 3.63. The normalized spacial score (nSPS) is 12.1. The highest BCUT2D eigenvalue weighted by molar-refractivity contribution is 5.69. The van der Waals surface area contributed by atoms with Gasteiger partial charge in [-0.2, -0.15) is 18.3 Å². The highest BCUT2D eigenvalue weighted by Crippen LogP contribution is 2.17. The molecule has 96 valence electrons. The first-order valence-corrected chi connectivity index (χ1v) is 4.76. The first-order valence-electron chi connectivity index (χ1n) is 4.76. The zero-order valence-electron chi connectivity index (χ0n) is 9.11. The number of aliphatic carboxylic acids is 1. The van der Waals surface area contributed by atoms with Crippen LogP contribution in [0.1, 0.15) is 5.69 Å². The maximum Gasteiger partial charge on any atom is 0.401 e. The molecule has 0 aliphatic heterocycles. The second kappa shape index (κ2) is 5.17. The van der Waals surface area contributed by atoms with Crippen LogP contribution in [0, 0.1) is 0 Å². The fourth-order valence-electron chi connectivity index (χ4n) is 1.39. The molecule has 1 rings (SSSR count). The number of carboxylic acids is 1. The molecule has 0 atom stereocenters. The van der Waals surface area contributed by atoms with Crippen LogP contribution in [-0.2, 0) is 18.4 Å². The summed E-state index contributed by atoms with van der Waals surface area (Å²) in [5.74, 6) is -1.30. The smallest absolute Gasteiger partial charge is 0.401 e. The molecule has 1 aromatic heterocycles. The molecule has 1 aromatic rings. The molecule has 1 heterocycles. The van der Waals surface area contributed by atoms with E-state index in [4.69, 9.17) is 5.11 Å². The number of halogens is 3. The number of carboxylic acid groups (broad SMARTS) is 1. The summed E-state index contributed by atoms with van der Waals surface area (Å²) >= 11 is 0. The molecule has 0 fully saturated rings. The molecule has 5 nitrogen and oxygen atoms in total. The summed E-state index contributed by atoms with van der Waals surface area (Å²) in [5, 5.41) is 12.4. The van der Waals surface area contributed by atoms with Crippen molar-refractivity contribution in [2.75, 3.05) is 13.1 Å². The lowest BCUT2D eigenvalue weighted by Gasteiger charge is -2.20. The zero-order chi connectivity index (χ0) is 13.1. The van der Waals surface area contributed by atoms with E-state index in [9.17, 15) is 18.0 Å². The van der Waals surface area contributed by atoms with Crippen molar-refractivity contribution < 1.29 is 23.1 Å². The Balaban J connectivity index is 2.66. The van der Waals surface area contributed by atoms with Crippen molar-refractivity contribution in [3.63, 3.8) is 0 Å². The Morgan fingerprint density at radius 3 is 2.65 bits per heavy atom. The quantitative estimate of drug-likeness (QED) is 0.843. The van der Waals surface area contributed by atoms with Gasteiger partial charge in [-0.05, 0) is 6.07 Å². The minimum absolute atomic E-state index is 0.146. The Labute approximate surface area is 95.4 Å². The Hall–Kier alpha value is -1.57. The van der Waals surface area contributed by atoms with E-state index in [0.29, 0.717) is 5.69 Å². The van der Waals surface area contributed by atoms with Gasteiger partial charge in [-0.15, -0.1) is 0 Å². The lowest BCUT2D eigenvalue weighted by molar-refractivity contribution is -0.155. The summed E-state index contributed by atoms with van der Waals surface area (Å²) in [4.78, 5) is 11.2. The molecular weight excluding hydrogens is 239 g/mol. The maximum atomic E-state index is 12.2. The molecule has 0 saturated heterocycles. The Bertz CT molecular complexity index is 389. The zero-order valence-corrected chi connectivity index (χ0v) is 9.11. The van der Waals surface area contributed by atoms with E-state index >= 15 is 0 Å². The third-order valence-electron chi connectivity index (χ3n) is 1.92. The minimum atomic E-state index is -4.43. The summed E-state index contributed by atoms with van der Waals surface area (Å²) in [6, 6.07) is 1.55. The number of hydrogen-bond donors (Lipinski definition) is 1. The number of carbonyl (C=O) groups is 1. The van der Waals surface area contributed by atoms with Gasteiger partial charge in [-0.25, -0.2) is 0 Å². The monoisotopic (exact) mass is 251 g/mol. The molecule has 0 aromatic carbocycles. The predicted octanol–water partition coefficient (Wildman–Crippen LogP) is 0.869. The molecule has 0 bridgehead atoms. The average molecular weight is 251 g/mol. The van der Waals surface area contributed by atoms with E-state index in [-0.39, 0.29) is 6.54 Å². The first kappa shape index (κ1) is 13.5. The summed E-state index contributed by atoms with van der Waals surface area (Å²) in [5.41, 5.74) is 0.401. The van der Waals surface area contributed by atoms with E-state index in [1.807, 2.05) is 0 Å². The molecule has 0 saturated carbocycles. The highest BCUT2D eigenvalue weighted by atomic mass is 19.4. The van der Waals surface area contributed by atoms with Crippen LogP contribution in [0.3, 0.4) is 0 Å². The highest BCUT2D eigenvalue weighted by Gasteiger charge is 2.31. The van der Waals surface area contributed by atoms with Gasteiger partial charge in [0, 0.05) is 19.8 Å². The minimum Gasteiger partial charge on any atom is -0.480 e. The lowest BCUT2D eigenvalue weighted by Crippen LogP contribution is -2.37. The van der Waals surface area contributed by atoms with Gasteiger partial charge in [0.05, 0.1) is 18.8 Å². The van der Waals surface area contributed by atoms with E-state index in [1.165, 1.54) is 4.68 Å². The molecule has 0 aliphatic carbocycles. The van der Waals surface area contributed by atoms with Gasteiger partial charge in [-0.3, -0.25) is 14.4 Å². The molecule has 0 unspecified atom stereocenters. The summed E-state index contributed by atoms with van der Waals surface area (Å²) < 4.78 is 38.1. The molecule has 0 spiro atoms. The molecule has 0 aliphatic rings. The van der Waals surface area contributed by atoms with Gasteiger partial charge in [-0.1, -0.05) is 0 Å². The molecule has 1 N–H and O–H groups in total. The maximum absolute atomic E-state index is 12.2. The largest absolute Gasteiger partial charge is 0.480 e. The Kier molecular flexibility index (Phi) is 4.11. The van der Waals surface area contributed by atoms with Crippen LogP contribution < -0.4 is 0 Å². The van der Waals surface area contributed by atoms with Crippen LogP contribution in [0.25, 0.3) is 0 Å². The van der Waals surface area contributed by atoms with Gasteiger partial charge >= 0.3 is 12.1 Å². The van der Waals surface area contributed by atoms with E-state index in [0.717, 1.165) is 4.90 Å². The van der Waals surface area contributed by atoms with Crippen molar-refractivity contribution in [2.45, 2.75) is 12.7 Å². The summed E-state index contributed by atoms with van der Waals surface area (Å²) in [7, 11) is 1.63. The fourth-order valence-corrected chi connectivity index (χ4v) is 1.39. The third-order valence-corrected chi connectivity index (χ3v) is 1.92. The topological polar surface area (TPSA) is 58.4 Å². The molecular formula is C9H12F3N3O2. The second-order valence-corrected chi connectivity index (χ2v) is 3.63. The summed E-state index contributed by atoms with van der Waals surface area (Å²) in [6.45, 7) is -2.08. The standard InChI is InChI=1S/C9H12F3N3O2/c1-14-3-2-7(13-14)4-15(5-8(16)17)6-9(10,11)12/h2-3H,4-6H2,1H3,(H,16,17). The predicted molar refractivity (Wildman–Crippen MR) is 52.2 cm³/mol. The summed E-state index contributed by atoms with van der Waals surface area (Å²) in [6.07, 6.45) is -2.84. The van der Waals surface area contributed by atoms with Crippen LogP contribution in [0.5, 0.6) is 0 Å². The van der Waals surface area contributed by atoms with Crippen LogP contribution in [0.2, 0.25) is 0 Å². The third kappa shape index (κ3) is 5.34. The van der Waals surface area contributed by atoms with Crippen molar-refractivity contribution in [1.29, 1.82) is 0 Å². The van der Waals surface area contributed by atoms with E-state index in [2.05, 4.69) is 5.10 Å². The fraction of sp³-hybridized carbons (Fsp3) is 0.556. The van der Waals surface area contributed by atoms with E-state index < -0.39 is 25.2 Å². The van der Waals surface area contributed by atoms with Crippen molar-refractivity contribution in [2.24, 2.45) is 7.05 Å². The van der Waals surface area contributed by atoms with Crippen LogP contribution >= 0.6 is 0 Å².